The minimum atomic E-state index is -0.167. The Balaban J connectivity index is -0.0000000600. The van der Waals surface area contributed by atoms with Crippen LogP contribution in [-0.2, 0) is 0 Å². The van der Waals surface area contributed by atoms with Crippen LogP contribution in [0.25, 0.3) is 0 Å². The highest BCUT2D eigenvalue weighted by atomic mass is 16.3. The van der Waals surface area contributed by atoms with Crippen LogP contribution in [0.4, 0.5) is 0 Å². The Morgan fingerprint density at radius 2 is 0.625 bits per heavy atom. The van der Waals surface area contributed by atoms with Crippen molar-refractivity contribution in [1.29, 1.82) is 0 Å². The van der Waals surface area contributed by atoms with Gasteiger partial charge in [-0.3, -0.25) is 0 Å². The highest BCUT2D eigenvalue weighted by Gasteiger charge is 1.70. The normalized spacial score (nSPS) is 8.62. The van der Waals surface area contributed by atoms with E-state index in [9.17, 15) is 0 Å². The van der Waals surface area contributed by atoms with E-state index in [0.717, 1.165) is 0 Å². The third kappa shape index (κ3) is 3530. The van der Waals surface area contributed by atoms with Gasteiger partial charge in [0.25, 0.3) is 0 Å². The number of aliphatic hydroxyl groups excluding tert-OH is 5. The second-order valence-corrected chi connectivity index (χ2v) is 3.73. The van der Waals surface area contributed by atoms with Crippen LogP contribution in [0.3, 0.4) is 0 Å². The lowest BCUT2D eigenvalue weighted by molar-refractivity contribution is 0.186. The minimum Gasteiger partial charge on any atom is -0.394 e. The second-order valence-electron chi connectivity index (χ2n) is 3.73. The molecule has 0 bridgehead atoms. The van der Waals surface area contributed by atoms with Gasteiger partial charge in [-0.15, -0.1) is 0 Å². The van der Waals surface area contributed by atoms with Gasteiger partial charge >= 0.3 is 0 Å². The lowest BCUT2D eigenvalue weighted by atomic mass is 10.5. The fraction of sp³-hybridized carbons (Fsp3) is 1.00. The third-order valence-electron chi connectivity index (χ3n) is 0.1000. The summed E-state index contributed by atoms with van der Waals surface area (Å²) in [6.07, 6.45) is -0.500. The molecule has 0 radical (unpaired) electrons. The molecular weight excluding hydrogens is 212 g/mol. The lowest BCUT2D eigenvalue weighted by Gasteiger charge is -1.80. The summed E-state index contributed by atoms with van der Waals surface area (Å²) in [6, 6.07) is 0. The number of hydrogen-bond acceptors (Lipinski definition) is 5. The summed E-state index contributed by atoms with van der Waals surface area (Å²) in [6.45, 7) is 10.1. The monoisotopic (exact) mass is 242 g/mol. The van der Waals surface area contributed by atoms with E-state index in [1.807, 2.05) is 0 Å². The van der Waals surface area contributed by atoms with Gasteiger partial charge in [0.15, 0.2) is 0 Å². The van der Waals surface area contributed by atoms with Crippen molar-refractivity contribution in [1.82, 2.24) is 0 Å². The Labute approximate surface area is 99.4 Å². The zero-order valence-electron chi connectivity index (χ0n) is 11.4. The van der Waals surface area contributed by atoms with E-state index in [0.29, 0.717) is 0 Å². The van der Waals surface area contributed by atoms with Crippen molar-refractivity contribution in [2.45, 2.75) is 59.9 Å². The quantitative estimate of drug-likeness (QED) is 0.450. The van der Waals surface area contributed by atoms with Gasteiger partial charge in [0, 0.05) is 18.3 Å². The number of aliphatic hydroxyl groups is 5. The van der Waals surface area contributed by atoms with Crippen LogP contribution in [0, 0.1) is 0 Å². The van der Waals surface area contributed by atoms with E-state index >= 15 is 0 Å². The molecule has 0 aliphatic heterocycles. The van der Waals surface area contributed by atoms with Crippen molar-refractivity contribution < 1.29 is 25.5 Å². The summed E-state index contributed by atoms with van der Waals surface area (Å²) < 4.78 is 0. The van der Waals surface area contributed by atoms with E-state index in [1.165, 1.54) is 0 Å². The van der Waals surface area contributed by atoms with Gasteiger partial charge in [-0.1, -0.05) is 0 Å². The Morgan fingerprint density at radius 1 is 0.562 bits per heavy atom. The molecule has 0 heterocycles. The maximum Gasteiger partial charge on any atom is 0.0662 e. The second kappa shape index (κ2) is 24.2. The first-order chi connectivity index (χ1) is 7.11. The highest BCUT2D eigenvalue weighted by molar-refractivity contribution is 4.21. The van der Waals surface area contributed by atoms with E-state index < -0.39 is 0 Å². The van der Waals surface area contributed by atoms with E-state index in [4.69, 9.17) is 25.5 Å². The Bertz CT molecular complexity index is 59.9. The van der Waals surface area contributed by atoms with E-state index in [2.05, 4.69) is 0 Å². The van der Waals surface area contributed by atoms with Crippen molar-refractivity contribution in [3.05, 3.63) is 0 Å². The van der Waals surface area contributed by atoms with Gasteiger partial charge in [0.1, 0.15) is 0 Å². The van der Waals surface area contributed by atoms with Crippen LogP contribution in [0.2, 0.25) is 0 Å². The summed E-state index contributed by atoms with van der Waals surface area (Å²) >= 11 is 0. The van der Waals surface area contributed by atoms with Gasteiger partial charge < -0.3 is 25.5 Å². The lowest BCUT2D eigenvalue weighted by Crippen LogP contribution is -1.85. The fourth-order valence-electron chi connectivity index (χ4n) is 0. The van der Waals surface area contributed by atoms with E-state index in [-0.39, 0.29) is 31.5 Å². The fourth-order valence-corrected chi connectivity index (χ4v) is 0. The molecule has 0 aromatic carbocycles. The van der Waals surface area contributed by atoms with Crippen molar-refractivity contribution >= 4 is 0 Å². The maximum absolute atomic E-state index is 8.06. The zero-order chi connectivity index (χ0) is 14.1. The molecule has 0 aliphatic carbocycles. The molecular formula is C11H30O5. The van der Waals surface area contributed by atoms with Crippen molar-refractivity contribution in [2.75, 3.05) is 13.2 Å². The minimum absolute atomic E-state index is 0.125. The van der Waals surface area contributed by atoms with Crippen molar-refractivity contribution in [3.63, 3.8) is 0 Å². The summed E-state index contributed by atoms with van der Waals surface area (Å²) in [5, 5.41) is 39.4. The molecule has 0 spiro atoms. The molecule has 0 saturated carbocycles. The van der Waals surface area contributed by atoms with Gasteiger partial charge in [-0.2, -0.15) is 0 Å². The SMILES string of the molecule is CC(C)O.CC(C)O.CC(C)O.OCCO. The molecule has 16 heavy (non-hydrogen) atoms. The highest BCUT2D eigenvalue weighted by Crippen LogP contribution is 1.65. The Morgan fingerprint density at radius 3 is 0.625 bits per heavy atom. The summed E-state index contributed by atoms with van der Waals surface area (Å²) in [7, 11) is 0. The van der Waals surface area contributed by atoms with Crippen LogP contribution < -0.4 is 0 Å². The smallest absolute Gasteiger partial charge is 0.0662 e. The molecule has 0 aromatic rings. The molecule has 0 aliphatic rings. The third-order valence-corrected chi connectivity index (χ3v) is 0.1000. The van der Waals surface area contributed by atoms with Gasteiger partial charge in [0.05, 0.1) is 13.2 Å². The average Bonchev–Trinajstić information content (AvgIpc) is 2.00. The molecule has 5 nitrogen and oxygen atoms in total. The Kier molecular flexibility index (Phi) is 37.5. The van der Waals surface area contributed by atoms with Gasteiger partial charge in [0.2, 0.25) is 0 Å². The predicted octanol–water partition coefficient (Wildman–Crippen LogP) is 0.132. The predicted molar refractivity (Wildman–Crippen MR) is 66.2 cm³/mol. The average molecular weight is 242 g/mol. The molecule has 0 fully saturated rings. The molecule has 0 rings (SSSR count). The molecule has 5 heteroatoms. The molecule has 104 valence electrons. The van der Waals surface area contributed by atoms with Crippen LogP contribution in [0.5, 0.6) is 0 Å². The Hall–Kier alpha value is -0.200. The zero-order valence-corrected chi connectivity index (χ0v) is 11.4. The van der Waals surface area contributed by atoms with Crippen molar-refractivity contribution in [3.8, 4) is 0 Å². The molecule has 0 atom stereocenters. The standard InChI is InChI=1S/3C3H8O.C2H6O2/c3*1-3(2)4;3-1-2-4/h3*3-4H,1-2H3;3-4H,1-2H2. The van der Waals surface area contributed by atoms with Crippen LogP contribution in [0.1, 0.15) is 41.5 Å². The van der Waals surface area contributed by atoms with Gasteiger partial charge in [-0.25, -0.2) is 0 Å². The van der Waals surface area contributed by atoms with E-state index in [1.54, 1.807) is 41.5 Å². The maximum atomic E-state index is 8.06. The molecule has 0 saturated heterocycles. The number of rotatable bonds is 1. The van der Waals surface area contributed by atoms with Crippen LogP contribution in [0.15, 0.2) is 0 Å². The molecule has 0 amide bonds. The van der Waals surface area contributed by atoms with Crippen LogP contribution >= 0.6 is 0 Å². The summed E-state index contributed by atoms with van der Waals surface area (Å²) in [4.78, 5) is 0. The topological polar surface area (TPSA) is 101 Å². The summed E-state index contributed by atoms with van der Waals surface area (Å²) in [5.41, 5.74) is 0. The van der Waals surface area contributed by atoms with Crippen molar-refractivity contribution in [2.24, 2.45) is 0 Å². The van der Waals surface area contributed by atoms with Crippen LogP contribution in [-0.4, -0.2) is 57.1 Å². The first-order valence-corrected chi connectivity index (χ1v) is 5.37. The largest absolute Gasteiger partial charge is 0.394 e. The molecule has 5 N–H and O–H groups in total. The summed E-state index contributed by atoms with van der Waals surface area (Å²) in [5.74, 6) is 0. The number of hydrogen-bond donors (Lipinski definition) is 5. The molecule has 0 unspecified atom stereocenters. The first kappa shape index (κ1) is 24.9. The first-order valence-electron chi connectivity index (χ1n) is 5.37. The molecule has 0 aromatic heterocycles. The van der Waals surface area contributed by atoms with Gasteiger partial charge in [-0.05, 0) is 41.5 Å².